The molecular weight excluding hydrogens is 291 g/mol. The largest absolute Gasteiger partial charge is 0.497 e. The van der Waals surface area contributed by atoms with E-state index >= 15 is 0 Å². The van der Waals surface area contributed by atoms with Crippen LogP contribution in [0.5, 0.6) is 5.75 Å². The number of nitrogens with one attached hydrogen (secondary N) is 1. The van der Waals surface area contributed by atoms with Crippen molar-refractivity contribution in [2.24, 2.45) is 0 Å². The maximum atomic E-state index is 12.8. The number of ether oxygens (including phenoxy) is 1. The summed E-state index contributed by atoms with van der Waals surface area (Å²) in [6.45, 7) is 0. The highest BCUT2D eigenvalue weighted by molar-refractivity contribution is 5.57. The summed E-state index contributed by atoms with van der Waals surface area (Å²) in [7, 11) is 1.60. The van der Waals surface area contributed by atoms with E-state index in [4.69, 9.17) is 4.74 Å². The lowest BCUT2D eigenvalue weighted by molar-refractivity contribution is -0.137. The Morgan fingerprint density at radius 2 is 1.82 bits per heavy atom. The Morgan fingerprint density at radius 3 is 2.45 bits per heavy atom. The van der Waals surface area contributed by atoms with E-state index in [1.54, 1.807) is 13.2 Å². The molecule has 0 fully saturated rings. The van der Waals surface area contributed by atoms with Crippen molar-refractivity contribution in [3.63, 3.8) is 0 Å². The van der Waals surface area contributed by atoms with Gasteiger partial charge in [-0.2, -0.15) is 13.2 Å². The maximum Gasteiger partial charge on any atom is 0.416 e. The van der Waals surface area contributed by atoms with E-state index in [0.717, 1.165) is 35.8 Å². The van der Waals surface area contributed by atoms with Crippen LogP contribution >= 0.6 is 0 Å². The Kier molecular flexibility index (Phi) is 3.72. The third-order valence-electron chi connectivity index (χ3n) is 3.99. The number of rotatable bonds is 2. The SMILES string of the molecule is COc1ccc([C@@H]2CCc3ccc(C(F)(F)F)cc3N2)cc1. The maximum absolute atomic E-state index is 12.8. The highest BCUT2D eigenvalue weighted by Crippen LogP contribution is 2.37. The summed E-state index contributed by atoms with van der Waals surface area (Å²) >= 11 is 0. The van der Waals surface area contributed by atoms with Gasteiger partial charge in [0.15, 0.2) is 0 Å². The number of hydrogen-bond donors (Lipinski definition) is 1. The van der Waals surface area contributed by atoms with Gasteiger partial charge in [-0.15, -0.1) is 0 Å². The zero-order chi connectivity index (χ0) is 15.7. The van der Waals surface area contributed by atoms with Crippen LogP contribution in [0, 0.1) is 0 Å². The summed E-state index contributed by atoms with van der Waals surface area (Å²) in [5.41, 5.74) is 1.93. The Labute approximate surface area is 126 Å². The van der Waals surface area contributed by atoms with Crippen molar-refractivity contribution >= 4 is 5.69 Å². The molecule has 0 unspecified atom stereocenters. The lowest BCUT2D eigenvalue weighted by Gasteiger charge is -2.28. The minimum absolute atomic E-state index is 0.0156. The van der Waals surface area contributed by atoms with Crippen molar-refractivity contribution in [2.45, 2.75) is 25.1 Å². The van der Waals surface area contributed by atoms with E-state index in [2.05, 4.69) is 5.32 Å². The molecule has 1 heterocycles. The van der Waals surface area contributed by atoms with Crippen LogP contribution in [0.1, 0.15) is 29.2 Å². The molecule has 5 heteroatoms. The summed E-state index contributed by atoms with van der Waals surface area (Å²) < 4.78 is 43.6. The van der Waals surface area contributed by atoms with Crippen LogP contribution in [0.3, 0.4) is 0 Å². The average molecular weight is 307 g/mol. The van der Waals surface area contributed by atoms with Crippen LogP contribution in [0.4, 0.5) is 18.9 Å². The Balaban J connectivity index is 1.85. The molecular formula is C17H16F3NO. The molecule has 116 valence electrons. The monoisotopic (exact) mass is 307 g/mol. The molecule has 0 saturated heterocycles. The van der Waals surface area contributed by atoms with E-state index in [1.165, 1.54) is 6.07 Å². The molecule has 1 aliphatic rings. The van der Waals surface area contributed by atoms with Crippen molar-refractivity contribution < 1.29 is 17.9 Å². The fraction of sp³-hybridized carbons (Fsp3) is 0.294. The van der Waals surface area contributed by atoms with E-state index < -0.39 is 11.7 Å². The third kappa shape index (κ3) is 2.89. The summed E-state index contributed by atoms with van der Waals surface area (Å²) in [5.74, 6) is 0.763. The molecule has 0 bridgehead atoms. The summed E-state index contributed by atoms with van der Waals surface area (Å²) in [4.78, 5) is 0. The molecule has 0 saturated carbocycles. The van der Waals surface area contributed by atoms with Crippen LogP contribution in [0.25, 0.3) is 0 Å². The van der Waals surface area contributed by atoms with Crippen LogP contribution in [-0.4, -0.2) is 7.11 Å². The average Bonchev–Trinajstić information content (AvgIpc) is 2.53. The van der Waals surface area contributed by atoms with Crippen LogP contribution in [0.15, 0.2) is 42.5 Å². The number of benzene rings is 2. The zero-order valence-electron chi connectivity index (χ0n) is 12.1. The van der Waals surface area contributed by atoms with Gasteiger partial charge < -0.3 is 10.1 Å². The first-order chi connectivity index (χ1) is 10.5. The van der Waals surface area contributed by atoms with Crippen molar-refractivity contribution in [3.05, 3.63) is 59.2 Å². The van der Waals surface area contributed by atoms with Gasteiger partial charge in [0, 0.05) is 5.69 Å². The first kappa shape index (κ1) is 14.8. The third-order valence-corrected chi connectivity index (χ3v) is 3.99. The van der Waals surface area contributed by atoms with Gasteiger partial charge in [0.2, 0.25) is 0 Å². The predicted octanol–water partition coefficient (Wildman–Crippen LogP) is 4.81. The predicted molar refractivity (Wildman–Crippen MR) is 79.1 cm³/mol. The fourth-order valence-corrected chi connectivity index (χ4v) is 2.75. The van der Waals surface area contributed by atoms with Crippen molar-refractivity contribution in [1.29, 1.82) is 0 Å². The van der Waals surface area contributed by atoms with Crippen LogP contribution < -0.4 is 10.1 Å². The molecule has 22 heavy (non-hydrogen) atoms. The van der Waals surface area contributed by atoms with Gasteiger partial charge >= 0.3 is 6.18 Å². The van der Waals surface area contributed by atoms with Gasteiger partial charge in [-0.25, -0.2) is 0 Å². The van der Waals surface area contributed by atoms with Gasteiger partial charge in [-0.1, -0.05) is 18.2 Å². The normalized spacial score (nSPS) is 17.5. The molecule has 0 spiro atoms. The lowest BCUT2D eigenvalue weighted by atomic mass is 9.92. The van der Waals surface area contributed by atoms with Crippen LogP contribution in [0.2, 0.25) is 0 Å². The van der Waals surface area contributed by atoms with E-state index in [0.29, 0.717) is 5.69 Å². The number of fused-ring (bicyclic) bond motifs is 1. The summed E-state index contributed by atoms with van der Waals surface area (Å²) in [5, 5.41) is 3.22. The molecule has 0 amide bonds. The molecule has 3 rings (SSSR count). The molecule has 1 atom stereocenters. The minimum Gasteiger partial charge on any atom is -0.497 e. The first-order valence-electron chi connectivity index (χ1n) is 7.08. The minimum atomic E-state index is -4.32. The number of anilines is 1. The Bertz CT molecular complexity index is 665. The molecule has 2 aromatic rings. The molecule has 0 radical (unpaired) electrons. The summed E-state index contributed by atoms with van der Waals surface area (Å²) in [6, 6.07) is 11.5. The van der Waals surface area contributed by atoms with Gasteiger partial charge in [0.05, 0.1) is 18.7 Å². The smallest absolute Gasteiger partial charge is 0.416 e. The highest BCUT2D eigenvalue weighted by Gasteiger charge is 2.32. The fourth-order valence-electron chi connectivity index (χ4n) is 2.75. The van der Waals surface area contributed by atoms with Crippen molar-refractivity contribution in [1.82, 2.24) is 0 Å². The van der Waals surface area contributed by atoms with Gasteiger partial charge in [-0.05, 0) is 48.2 Å². The molecule has 1 N–H and O–H groups in total. The topological polar surface area (TPSA) is 21.3 Å². The standard InChI is InChI=1S/C17H16F3NO/c1-22-14-7-3-11(4-8-14)15-9-5-12-2-6-13(17(18,19)20)10-16(12)21-15/h2-4,6-8,10,15,21H,5,9H2,1H3/t15-/m0/s1. The molecule has 0 aliphatic carbocycles. The number of methoxy groups -OCH3 is 1. The molecule has 1 aliphatic heterocycles. The second kappa shape index (κ2) is 5.55. The number of alkyl halides is 3. The quantitative estimate of drug-likeness (QED) is 0.859. The second-order valence-corrected chi connectivity index (χ2v) is 5.38. The Morgan fingerprint density at radius 1 is 1.09 bits per heavy atom. The number of hydrogen-bond acceptors (Lipinski definition) is 2. The van der Waals surface area contributed by atoms with Crippen LogP contribution in [-0.2, 0) is 12.6 Å². The van der Waals surface area contributed by atoms with Gasteiger partial charge in [-0.3, -0.25) is 0 Å². The van der Waals surface area contributed by atoms with Gasteiger partial charge in [0.25, 0.3) is 0 Å². The van der Waals surface area contributed by atoms with E-state index in [-0.39, 0.29) is 6.04 Å². The number of halogens is 3. The van der Waals surface area contributed by atoms with E-state index in [1.807, 2.05) is 24.3 Å². The van der Waals surface area contributed by atoms with Crippen molar-refractivity contribution in [3.8, 4) is 5.75 Å². The molecule has 0 aromatic heterocycles. The molecule has 2 aromatic carbocycles. The second-order valence-electron chi connectivity index (χ2n) is 5.38. The first-order valence-corrected chi connectivity index (χ1v) is 7.08. The van der Waals surface area contributed by atoms with Crippen molar-refractivity contribution in [2.75, 3.05) is 12.4 Å². The van der Waals surface area contributed by atoms with Gasteiger partial charge in [0.1, 0.15) is 5.75 Å². The summed E-state index contributed by atoms with van der Waals surface area (Å²) in [6.07, 6.45) is -2.70. The highest BCUT2D eigenvalue weighted by atomic mass is 19.4. The number of aryl methyl sites for hydroxylation is 1. The molecule has 2 nitrogen and oxygen atoms in total. The van der Waals surface area contributed by atoms with E-state index in [9.17, 15) is 13.2 Å². The zero-order valence-corrected chi connectivity index (χ0v) is 12.1. The lowest BCUT2D eigenvalue weighted by Crippen LogP contribution is -2.19. The Hall–Kier alpha value is -2.17.